The number of hydrogen-bond acceptors (Lipinski definition) is 2. The summed E-state index contributed by atoms with van der Waals surface area (Å²) in [6.07, 6.45) is 0. The van der Waals surface area contributed by atoms with Crippen LogP contribution in [0, 0.1) is 19.8 Å². The Morgan fingerprint density at radius 3 is 2.46 bits per heavy atom. The van der Waals surface area contributed by atoms with Gasteiger partial charge < -0.3 is 5.73 Å². The molecule has 0 saturated heterocycles. The lowest BCUT2D eigenvalue weighted by atomic mass is 10.1. The second-order valence-electron chi connectivity index (χ2n) is 4.02. The highest BCUT2D eigenvalue weighted by molar-refractivity contribution is 5.06. The first kappa shape index (κ1) is 10.3. The molecule has 0 radical (unpaired) electrons. The molecule has 0 aromatic carbocycles. The van der Waals surface area contributed by atoms with Crippen molar-refractivity contribution in [2.75, 3.05) is 0 Å². The monoisotopic (exact) mass is 181 g/mol. The number of hydrogen-bond donors (Lipinski definition) is 1. The zero-order valence-electron chi connectivity index (χ0n) is 8.91. The summed E-state index contributed by atoms with van der Waals surface area (Å²) in [6.45, 7) is 9.15. The van der Waals surface area contributed by atoms with Crippen molar-refractivity contribution in [2.45, 2.75) is 40.3 Å². The summed E-state index contributed by atoms with van der Waals surface area (Å²) in [6, 6.07) is 2.27. The summed E-state index contributed by atoms with van der Waals surface area (Å²) < 4.78 is 1.99. The molecule has 0 fully saturated rings. The third-order valence-electron chi connectivity index (χ3n) is 2.34. The first-order valence-corrected chi connectivity index (χ1v) is 4.77. The summed E-state index contributed by atoms with van der Waals surface area (Å²) >= 11 is 0. The maximum atomic E-state index is 5.97. The minimum Gasteiger partial charge on any atom is -0.326 e. The van der Waals surface area contributed by atoms with Gasteiger partial charge in [-0.25, -0.2) is 0 Å². The molecule has 0 amide bonds. The largest absolute Gasteiger partial charge is 0.326 e. The maximum Gasteiger partial charge on any atom is 0.0596 e. The summed E-state index contributed by atoms with van der Waals surface area (Å²) in [4.78, 5) is 0. The minimum atomic E-state index is 0.193. The van der Waals surface area contributed by atoms with E-state index in [-0.39, 0.29) is 6.04 Å². The second-order valence-corrected chi connectivity index (χ2v) is 4.02. The van der Waals surface area contributed by atoms with E-state index in [2.05, 4.69) is 31.9 Å². The third-order valence-corrected chi connectivity index (χ3v) is 2.34. The van der Waals surface area contributed by atoms with Crippen LogP contribution in [-0.2, 0) is 6.54 Å². The minimum absolute atomic E-state index is 0.193. The highest BCUT2D eigenvalue weighted by Crippen LogP contribution is 2.06. The third kappa shape index (κ3) is 2.56. The van der Waals surface area contributed by atoms with Gasteiger partial charge in [-0.2, -0.15) is 5.10 Å². The smallest absolute Gasteiger partial charge is 0.0596 e. The van der Waals surface area contributed by atoms with Crippen molar-refractivity contribution in [3.8, 4) is 0 Å². The average molecular weight is 181 g/mol. The van der Waals surface area contributed by atoms with Gasteiger partial charge in [-0.15, -0.1) is 0 Å². The van der Waals surface area contributed by atoms with E-state index in [9.17, 15) is 0 Å². The Labute approximate surface area is 79.9 Å². The Morgan fingerprint density at radius 1 is 1.46 bits per heavy atom. The van der Waals surface area contributed by atoms with Crippen LogP contribution >= 0.6 is 0 Å². The van der Waals surface area contributed by atoms with Gasteiger partial charge in [-0.3, -0.25) is 4.68 Å². The Morgan fingerprint density at radius 2 is 2.08 bits per heavy atom. The molecule has 0 bridgehead atoms. The number of aryl methyl sites for hydroxylation is 2. The molecule has 3 heteroatoms. The van der Waals surface area contributed by atoms with E-state index in [1.807, 2.05) is 11.6 Å². The van der Waals surface area contributed by atoms with E-state index < -0.39 is 0 Å². The summed E-state index contributed by atoms with van der Waals surface area (Å²) in [5.74, 6) is 0.504. The van der Waals surface area contributed by atoms with Crippen LogP contribution in [0.4, 0.5) is 0 Å². The van der Waals surface area contributed by atoms with Crippen molar-refractivity contribution in [3.63, 3.8) is 0 Å². The molecule has 74 valence electrons. The highest BCUT2D eigenvalue weighted by Gasteiger charge is 2.10. The number of nitrogens with zero attached hydrogens (tertiary/aromatic N) is 2. The lowest BCUT2D eigenvalue weighted by molar-refractivity contribution is 0.408. The van der Waals surface area contributed by atoms with Gasteiger partial charge in [0.15, 0.2) is 0 Å². The first-order chi connectivity index (χ1) is 6.00. The first-order valence-electron chi connectivity index (χ1n) is 4.77. The molecule has 1 aromatic heterocycles. The summed E-state index contributed by atoms with van der Waals surface area (Å²) in [7, 11) is 0. The van der Waals surface area contributed by atoms with E-state index >= 15 is 0 Å². The van der Waals surface area contributed by atoms with E-state index in [0.29, 0.717) is 5.92 Å². The molecule has 0 spiro atoms. The Balaban J connectivity index is 2.68. The number of aromatic nitrogens is 2. The topological polar surface area (TPSA) is 43.8 Å². The molecule has 1 rings (SSSR count). The van der Waals surface area contributed by atoms with Crippen molar-refractivity contribution < 1.29 is 0 Å². The Kier molecular flexibility index (Phi) is 3.09. The van der Waals surface area contributed by atoms with Crippen LogP contribution in [0.1, 0.15) is 25.2 Å². The second kappa shape index (κ2) is 3.92. The highest BCUT2D eigenvalue weighted by atomic mass is 15.3. The van der Waals surface area contributed by atoms with Gasteiger partial charge in [0.25, 0.3) is 0 Å². The molecule has 0 aliphatic rings. The van der Waals surface area contributed by atoms with Crippen LogP contribution in [0.2, 0.25) is 0 Å². The molecule has 0 saturated carbocycles. The van der Waals surface area contributed by atoms with Crippen molar-refractivity contribution in [3.05, 3.63) is 17.5 Å². The molecule has 1 aromatic rings. The molecule has 0 aliphatic carbocycles. The molecule has 1 atom stereocenters. The van der Waals surface area contributed by atoms with Crippen LogP contribution in [-0.4, -0.2) is 15.8 Å². The summed E-state index contributed by atoms with van der Waals surface area (Å²) in [5, 5.41) is 4.37. The molecule has 1 heterocycles. The van der Waals surface area contributed by atoms with E-state index in [1.54, 1.807) is 0 Å². The van der Waals surface area contributed by atoms with Gasteiger partial charge in [-0.1, -0.05) is 13.8 Å². The van der Waals surface area contributed by atoms with Gasteiger partial charge in [0.1, 0.15) is 0 Å². The normalized spacial score (nSPS) is 13.7. The van der Waals surface area contributed by atoms with Gasteiger partial charge in [0.05, 0.1) is 12.2 Å². The van der Waals surface area contributed by atoms with Gasteiger partial charge >= 0.3 is 0 Å². The maximum absolute atomic E-state index is 5.97. The lowest BCUT2D eigenvalue weighted by Crippen LogP contribution is -2.32. The predicted molar refractivity (Wildman–Crippen MR) is 54.5 cm³/mol. The zero-order chi connectivity index (χ0) is 10.0. The van der Waals surface area contributed by atoms with Gasteiger partial charge in [0.2, 0.25) is 0 Å². The number of rotatable bonds is 3. The van der Waals surface area contributed by atoms with Gasteiger partial charge in [-0.05, 0) is 25.8 Å². The predicted octanol–water partition coefficient (Wildman–Crippen LogP) is 1.48. The fraction of sp³-hybridized carbons (Fsp3) is 0.700. The van der Waals surface area contributed by atoms with Crippen LogP contribution < -0.4 is 5.73 Å². The Hall–Kier alpha value is -0.830. The molecule has 2 N–H and O–H groups in total. The van der Waals surface area contributed by atoms with Crippen molar-refractivity contribution in [1.29, 1.82) is 0 Å². The van der Waals surface area contributed by atoms with E-state index in [1.165, 1.54) is 5.69 Å². The Bertz CT molecular complexity index is 276. The van der Waals surface area contributed by atoms with Crippen LogP contribution in [0.5, 0.6) is 0 Å². The molecular weight excluding hydrogens is 162 g/mol. The molecular formula is C10H19N3. The van der Waals surface area contributed by atoms with E-state index in [4.69, 9.17) is 5.73 Å². The fourth-order valence-corrected chi connectivity index (χ4v) is 1.27. The van der Waals surface area contributed by atoms with E-state index in [0.717, 1.165) is 12.2 Å². The van der Waals surface area contributed by atoms with Crippen LogP contribution in [0.15, 0.2) is 6.07 Å². The quantitative estimate of drug-likeness (QED) is 0.767. The van der Waals surface area contributed by atoms with Gasteiger partial charge in [0, 0.05) is 11.7 Å². The molecule has 3 nitrogen and oxygen atoms in total. The van der Waals surface area contributed by atoms with Crippen molar-refractivity contribution >= 4 is 0 Å². The van der Waals surface area contributed by atoms with Crippen LogP contribution in [0.3, 0.4) is 0 Å². The van der Waals surface area contributed by atoms with Crippen LogP contribution in [0.25, 0.3) is 0 Å². The average Bonchev–Trinajstić information content (AvgIpc) is 2.30. The fourth-order valence-electron chi connectivity index (χ4n) is 1.27. The lowest BCUT2D eigenvalue weighted by Gasteiger charge is -2.16. The van der Waals surface area contributed by atoms with Crippen molar-refractivity contribution in [1.82, 2.24) is 9.78 Å². The molecule has 0 aliphatic heterocycles. The van der Waals surface area contributed by atoms with Crippen molar-refractivity contribution in [2.24, 2.45) is 11.7 Å². The SMILES string of the molecule is Cc1cc(C)n(CC(N)C(C)C)n1. The zero-order valence-corrected chi connectivity index (χ0v) is 8.91. The standard InChI is InChI=1S/C10H19N3/c1-7(2)10(11)6-13-9(4)5-8(3)12-13/h5,7,10H,6,11H2,1-4H3. The summed E-state index contributed by atoms with van der Waals surface area (Å²) in [5.41, 5.74) is 8.22. The molecule has 13 heavy (non-hydrogen) atoms. The molecule has 1 unspecified atom stereocenters. The number of nitrogens with two attached hydrogens (primary N) is 1.